The molecule has 3 rings (SSSR count). The Morgan fingerprint density at radius 3 is 2.59 bits per heavy atom. The molecule has 0 aliphatic carbocycles. The van der Waals surface area contributed by atoms with E-state index in [1.165, 1.54) is 12.1 Å². The normalized spacial score (nSPS) is 11.7. The quantitative estimate of drug-likeness (QED) is 0.638. The molecule has 2 aromatic carbocycles. The Balaban J connectivity index is 1.67. The molecule has 0 amide bonds. The van der Waals surface area contributed by atoms with Gasteiger partial charge in [0, 0.05) is 24.5 Å². The Labute approximate surface area is 152 Å². The van der Waals surface area contributed by atoms with E-state index in [1.807, 2.05) is 30.3 Å². The smallest absolute Gasteiger partial charge is 0.435 e. The zero-order chi connectivity index (χ0) is 19.4. The van der Waals surface area contributed by atoms with Gasteiger partial charge < -0.3 is 15.2 Å². The minimum atomic E-state index is -4.75. The van der Waals surface area contributed by atoms with E-state index in [-0.39, 0.29) is 23.3 Å². The van der Waals surface area contributed by atoms with Gasteiger partial charge in [-0.25, -0.2) is 4.79 Å². The third kappa shape index (κ3) is 4.37. The highest BCUT2D eigenvalue weighted by molar-refractivity contribution is 5.90. The van der Waals surface area contributed by atoms with Crippen molar-refractivity contribution < 1.29 is 27.8 Å². The number of alkyl halides is 3. The van der Waals surface area contributed by atoms with Crippen molar-refractivity contribution in [1.29, 1.82) is 0 Å². The zero-order valence-corrected chi connectivity index (χ0v) is 14.0. The van der Waals surface area contributed by atoms with Crippen LogP contribution >= 0.6 is 0 Å². The second-order valence-electron chi connectivity index (χ2n) is 5.73. The predicted molar refractivity (Wildman–Crippen MR) is 91.8 cm³/mol. The predicted octanol–water partition coefficient (Wildman–Crippen LogP) is 3.75. The molecule has 0 aliphatic heterocycles. The molecule has 0 atom stereocenters. The van der Waals surface area contributed by atoms with Crippen LogP contribution in [0.1, 0.15) is 11.3 Å². The highest BCUT2D eigenvalue weighted by Crippen LogP contribution is 2.35. The topological polar surface area (TPSA) is 76.4 Å². The van der Waals surface area contributed by atoms with E-state index in [4.69, 9.17) is 9.84 Å². The highest BCUT2D eigenvalue weighted by atomic mass is 19.4. The minimum absolute atomic E-state index is 0.176. The van der Waals surface area contributed by atoms with Crippen molar-refractivity contribution in [2.45, 2.75) is 12.7 Å². The summed E-state index contributed by atoms with van der Waals surface area (Å²) in [6, 6.07) is 13.5. The molecular weight excluding hydrogens is 363 g/mol. The second-order valence-corrected chi connectivity index (χ2v) is 5.73. The molecule has 0 saturated heterocycles. The van der Waals surface area contributed by atoms with E-state index in [1.54, 1.807) is 0 Å². The molecule has 0 fully saturated rings. The van der Waals surface area contributed by atoms with E-state index in [9.17, 15) is 18.0 Å². The van der Waals surface area contributed by atoms with Gasteiger partial charge in [0.05, 0.1) is 5.52 Å². The molecule has 0 radical (unpaired) electrons. The standard InChI is InChI=1S/C18H16F3N3O3/c19-18(20,21)16-14-7-6-13(10-15(14)24(23-16)17(25)26)27-9-8-22-11-12-4-2-1-3-5-12/h1-7,10,22H,8-9,11H2,(H,25,26). The lowest BCUT2D eigenvalue weighted by Gasteiger charge is -2.08. The Hall–Kier alpha value is -3.07. The lowest BCUT2D eigenvalue weighted by Crippen LogP contribution is -2.20. The van der Waals surface area contributed by atoms with E-state index in [0.717, 1.165) is 11.6 Å². The first-order chi connectivity index (χ1) is 12.9. The molecule has 0 aliphatic rings. The maximum atomic E-state index is 13.0. The van der Waals surface area contributed by atoms with Crippen LogP contribution < -0.4 is 10.1 Å². The number of rotatable bonds is 6. The number of hydrogen-bond donors (Lipinski definition) is 2. The summed E-state index contributed by atoms with van der Waals surface area (Å²) in [5, 5.41) is 15.1. The van der Waals surface area contributed by atoms with Crippen molar-refractivity contribution in [2.75, 3.05) is 13.2 Å². The maximum absolute atomic E-state index is 13.0. The Morgan fingerprint density at radius 2 is 1.93 bits per heavy atom. The monoisotopic (exact) mass is 379 g/mol. The van der Waals surface area contributed by atoms with E-state index in [2.05, 4.69) is 10.4 Å². The summed E-state index contributed by atoms with van der Waals surface area (Å²) in [4.78, 5) is 11.2. The molecule has 27 heavy (non-hydrogen) atoms. The molecular formula is C18H16F3N3O3. The molecule has 0 spiro atoms. The van der Waals surface area contributed by atoms with Crippen LogP contribution in [0.15, 0.2) is 48.5 Å². The first-order valence-electron chi connectivity index (χ1n) is 8.07. The highest BCUT2D eigenvalue weighted by Gasteiger charge is 2.37. The van der Waals surface area contributed by atoms with Crippen molar-refractivity contribution in [3.63, 3.8) is 0 Å². The van der Waals surface area contributed by atoms with Gasteiger partial charge in [-0.05, 0) is 17.7 Å². The van der Waals surface area contributed by atoms with Gasteiger partial charge in [0.1, 0.15) is 12.4 Å². The van der Waals surface area contributed by atoms with Crippen molar-refractivity contribution in [2.24, 2.45) is 0 Å². The van der Waals surface area contributed by atoms with E-state index in [0.29, 0.717) is 17.8 Å². The van der Waals surface area contributed by atoms with Crippen LogP contribution in [0, 0.1) is 0 Å². The lowest BCUT2D eigenvalue weighted by molar-refractivity contribution is -0.140. The summed E-state index contributed by atoms with van der Waals surface area (Å²) < 4.78 is 44.9. The first kappa shape index (κ1) is 18.7. The molecule has 6 nitrogen and oxygen atoms in total. The number of carbonyl (C=O) groups is 1. The summed E-state index contributed by atoms with van der Waals surface area (Å²) in [6.45, 7) is 1.44. The summed E-state index contributed by atoms with van der Waals surface area (Å²) in [7, 11) is 0. The minimum Gasteiger partial charge on any atom is -0.492 e. The van der Waals surface area contributed by atoms with Gasteiger partial charge in [0.25, 0.3) is 0 Å². The number of nitrogens with zero attached hydrogens (tertiary/aromatic N) is 2. The molecule has 142 valence electrons. The fourth-order valence-corrected chi connectivity index (χ4v) is 2.61. The number of halogens is 3. The van der Waals surface area contributed by atoms with Crippen molar-refractivity contribution >= 4 is 17.0 Å². The average Bonchev–Trinajstić information content (AvgIpc) is 3.02. The maximum Gasteiger partial charge on any atom is 0.435 e. The van der Waals surface area contributed by atoms with Crippen LogP contribution in [0.25, 0.3) is 10.9 Å². The molecule has 2 N–H and O–H groups in total. The molecule has 0 saturated carbocycles. The van der Waals surface area contributed by atoms with Crippen LogP contribution in [0.4, 0.5) is 18.0 Å². The number of carboxylic acid groups (broad SMARTS) is 1. The van der Waals surface area contributed by atoms with Gasteiger partial charge in [-0.1, -0.05) is 30.3 Å². The molecule has 3 aromatic rings. The number of hydrogen-bond acceptors (Lipinski definition) is 4. The van der Waals surface area contributed by atoms with Crippen LogP contribution in [-0.4, -0.2) is 34.1 Å². The fourth-order valence-electron chi connectivity index (χ4n) is 2.61. The second kappa shape index (κ2) is 7.67. The van der Waals surface area contributed by atoms with Crippen LogP contribution in [-0.2, 0) is 12.7 Å². The summed E-state index contributed by atoms with van der Waals surface area (Å²) in [5.41, 5.74) is -0.301. The number of nitrogens with one attached hydrogen (secondary N) is 1. The van der Waals surface area contributed by atoms with Crippen molar-refractivity contribution in [3.05, 3.63) is 59.8 Å². The fraction of sp³-hybridized carbons (Fsp3) is 0.222. The SMILES string of the molecule is O=C(O)n1nc(C(F)(F)F)c2ccc(OCCNCc3ccccc3)cc21. The van der Waals surface area contributed by atoms with Crippen LogP contribution in [0.3, 0.4) is 0 Å². The molecule has 0 bridgehead atoms. The number of benzene rings is 2. The van der Waals surface area contributed by atoms with Gasteiger partial charge in [0.15, 0.2) is 5.69 Å². The third-order valence-corrected chi connectivity index (χ3v) is 3.82. The number of fused-ring (bicyclic) bond motifs is 1. The molecule has 9 heteroatoms. The zero-order valence-electron chi connectivity index (χ0n) is 14.0. The van der Waals surface area contributed by atoms with E-state index < -0.39 is 18.0 Å². The largest absolute Gasteiger partial charge is 0.492 e. The molecule has 0 unspecified atom stereocenters. The van der Waals surface area contributed by atoms with Crippen LogP contribution in [0.2, 0.25) is 0 Å². The summed E-state index contributed by atoms with van der Waals surface area (Å²) in [5.74, 6) is 0.264. The molecule has 1 heterocycles. The lowest BCUT2D eigenvalue weighted by atomic mass is 10.2. The number of aromatic nitrogens is 2. The summed E-state index contributed by atoms with van der Waals surface area (Å²) in [6.07, 6.45) is -6.35. The first-order valence-corrected chi connectivity index (χ1v) is 8.07. The van der Waals surface area contributed by atoms with Gasteiger partial charge in [-0.2, -0.15) is 23.0 Å². The average molecular weight is 379 g/mol. The Bertz CT molecular complexity index is 939. The van der Waals surface area contributed by atoms with Crippen LogP contribution in [0.5, 0.6) is 5.75 Å². The Morgan fingerprint density at radius 1 is 1.19 bits per heavy atom. The Kier molecular flexibility index (Phi) is 5.31. The molecule has 1 aromatic heterocycles. The number of ether oxygens (including phenoxy) is 1. The third-order valence-electron chi connectivity index (χ3n) is 3.82. The van der Waals surface area contributed by atoms with Crippen molar-refractivity contribution in [3.8, 4) is 5.75 Å². The van der Waals surface area contributed by atoms with E-state index >= 15 is 0 Å². The van der Waals surface area contributed by atoms with Gasteiger partial charge in [-0.3, -0.25) is 0 Å². The van der Waals surface area contributed by atoms with Gasteiger partial charge in [-0.15, -0.1) is 0 Å². The van der Waals surface area contributed by atoms with Crippen molar-refractivity contribution in [1.82, 2.24) is 15.1 Å². The van der Waals surface area contributed by atoms with Gasteiger partial charge >= 0.3 is 12.3 Å². The summed E-state index contributed by atoms with van der Waals surface area (Å²) >= 11 is 0. The van der Waals surface area contributed by atoms with Gasteiger partial charge in [0.2, 0.25) is 0 Å².